The Morgan fingerprint density at radius 1 is 1.47 bits per heavy atom. The van der Waals surface area contributed by atoms with Crippen molar-refractivity contribution in [3.05, 3.63) is 24.4 Å². The van der Waals surface area contributed by atoms with Gasteiger partial charge in [0.25, 0.3) is 0 Å². The zero-order valence-electron chi connectivity index (χ0n) is 9.96. The normalized spacial score (nSPS) is 12.8. The van der Waals surface area contributed by atoms with Gasteiger partial charge in [-0.3, -0.25) is 9.20 Å². The number of thioether (sulfide) groups is 1. The van der Waals surface area contributed by atoms with E-state index >= 15 is 0 Å². The van der Waals surface area contributed by atoms with E-state index in [2.05, 4.69) is 10.2 Å². The van der Waals surface area contributed by atoms with Gasteiger partial charge in [-0.25, -0.2) is 0 Å². The molecule has 0 spiro atoms. The highest BCUT2D eigenvalue weighted by Crippen LogP contribution is 2.18. The molecule has 0 saturated heterocycles. The van der Waals surface area contributed by atoms with Crippen LogP contribution in [-0.4, -0.2) is 26.1 Å². The minimum Gasteiger partial charge on any atom is -0.298 e. The summed E-state index contributed by atoms with van der Waals surface area (Å²) in [5, 5.41) is 8.89. The SMILES string of the molecule is CCC(C)C(=O)CSc1nnc2ccccn12. The zero-order chi connectivity index (χ0) is 12.3. The smallest absolute Gasteiger partial charge is 0.196 e. The minimum absolute atomic E-state index is 0.127. The van der Waals surface area contributed by atoms with Crippen molar-refractivity contribution in [2.24, 2.45) is 5.92 Å². The fourth-order valence-electron chi connectivity index (χ4n) is 1.42. The third kappa shape index (κ3) is 2.66. The predicted molar refractivity (Wildman–Crippen MR) is 68.2 cm³/mol. The van der Waals surface area contributed by atoms with Crippen LogP contribution < -0.4 is 0 Å². The Hall–Kier alpha value is -1.36. The number of ketones is 1. The lowest BCUT2D eigenvalue weighted by Gasteiger charge is -2.05. The fourth-order valence-corrected chi connectivity index (χ4v) is 2.37. The lowest BCUT2D eigenvalue weighted by molar-refractivity contribution is -0.119. The highest BCUT2D eigenvalue weighted by Gasteiger charge is 2.13. The van der Waals surface area contributed by atoms with Crippen LogP contribution >= 0.6 is 11.8 Å². The van der Waals surface area contributed by atoms with Crippen molar-refractivity contribution in [3.8, 4) is 0 Å². The number of nitrogens with zero attached hydrogens (tertiary/aromatic N) is 3. The molecule has 0 aliphatic carbocycles. The number of Topliss-reactive ketones (excluding diaryl/α,β-unsaturated/α-hetero) is 1. The summed E-state index contributed by atoms with van der Waals surface area (Å²) in [4.78, 5) is 11.7. The molecule has 0 aliphatic heterocycles. The standard InChI is InChI=1S/C12H15N3OS/c1-3-9(2)10(16)8-17-12-14-13-11-6-4-5-7-15(11)12/h4-7,9H,3,8H2,1-2H3. The number of hydrogen-bond donors (Lipinski definition) is 0. The number of aromatic nitrogens is 3. The maximum atomic E-state index is 11.7. The number of fused-ring (bicyclic) bond motifs is 1. The molecule has 2 aromatic heterocycles. The van der Waals surface area contributed by atoms with Crippen LogP contribution in [-0.2, 0) is 4.79 Å². The molecule has 2 aromatic rings. The molecule has 2 heterocycles. The summed E-state index contributed by atoms with van der Waals surface area (Å²) in [6.07, 6.45) is 2.80. The molecule has 0 fully saturated rings. The van der Waals surface area contributed by atoms with Crippen molar-refractivity contribution in [2.45, 2.75) is 25.4 Å². The second-order valence-corrected chi connectivity index (χ2v) is 4.92. The van der Waals surface area contributed by atoms with Gasteiger partial charge >= 0.3 is 0 Å². The van der Waals surface area contributed by atoms with Crippen molar-refractivity contribution >= 4 is 23.2 Å². The summed E-state index contributed by atoms with van der Waals surface area (Å²) in [7, 11) is 0. The second-order valence-electron chi connectivity index (χ2n) is 3.98. The Balaban J connectivity index is 2.07. The van der Waals surface area contributed by atoms with Crippen molar-refractivity contribution in [3.63, 3.8) is 0 Å². The molecule has 0 saturated carbocycles. The summed E-state index contributed by atoms with van der Waals surface area (Å²) in [6.45, 7) is 3.99. The van der Waals surface area contributed by atoms with Gasteiger partial charge in [0.15, 0.2) is 10.8 Å². The number of pyridine rings is 1. The zero-order valence-corrected chi connectivity index (χ0v) is 10.8. The Kier molecular flexibility index (Phi) is 3.78. The Morgan fingerprint density at radius 3 is 3.06 bits per heavy atom. The molecule has 5 heteroatoms. The maximum Gasteiger partial charge on any atom is 0.196 e. The number of hydrogen-bond acceptors (Lipinski definition) is 4. The van der Waals surface area contributed by atoms with Crippen molar-refractivity contribution < 1.29 is 4.79 Å². The van der Waals surface area contributed by atoms with Crippen LogP contribution in [0.1, 0.15) is 20.3 Å². The van der Waals surface area contributed by atoms with Gasteiger partial charge in [0.05, 0.1) is 5.75 Å². The monoisotopic (exact) mass is 249 g/mol. The van der Waals surface area contributed by atoms with Gasteiger partial charge < -0.3 is 0 Å². The summed E-state index contributed by atoms with van der Waals surface area (Å²) >= 11 is 1.45. The van der Waals surface area contributed by atoms with Crippen LogP contribution in [0.3, 0.4) is 0 Å². The fraction of sp³-hybridized carbons (Fsp3) is 0.417. The van der Waals surface area contributed by atoms with Gasteiger partial charge in [0.2, 0.25) is 0 Å². The van der Waals surface area contributed by atoms with Gasteiger partial charge in [0.1, 0.15) is 5.78 Å². The number of carbonyl (C=O) groups excluding carboxylic acids is 1. The molecule has 0 aliphatic rings. The van der Waals surface area contributed by atoms with Gasteiger partial charge in [0, 0.05) is 12.1 Å². The first-order valence-corrected chi connectivity index (χ1v) is 6.66. The minimum atomic E-state index is 0.127. The predicted octanol–water partition coefficient (Wildman–Crippen LogP) is 2.44. The average molecular weight is 249 g/mol. The van der Waals surface area contributed by atoms with Crippen LogP contribution in [0.15, 0.2) is 29.6 Å². The third-order valence-electron chi connectivity index (χ3n) is 2.79. The van der Waals surface area contributed by atoms with Crippen molar-refractivity contribution in [2.75, 3.05) is 5.75 Å². The van der Waals surface area contributed by atoms with Crippen molar-refractivity contribution in [1.82, 2.24) is 14.6 Å². The summed E-state index contributed by atoms with van der Waals surface area (Å²) < 4.78 is 1.90. The van der Waals surface area contributed by atoms with E-state index in [0.717, 1.165) is 17.2 Å². The average Bonchev–Trinajstić information content (AvgIpc) is 2.78. The Labute approximate surface area is 104 Å². The van der Waals surface area contributed by atoms with E-state index in [1.807, 2.05) is 42.6 Å². The second kappa shape index (κ2) is 5.31. The van der Waals surface area contributed by atoms with Crippen LogP contribution in [0.4, 0.5) is 0 Å². The third-order valence-corrected chi connectivity index (χ3v) is 3.75. The van der Waals surface area contributed by atoms with Gasteiger partial charge in [-0.1, -0.05) is 31.7 Å². The molecule has 0 radical (unpaired) electrons. The van der Waals surface area contributed by atoms with Gasteiger partial charge in [-0.15, -0.1) is 10.2 Å². The largest absolute Gasteiger partial charge is 0.298 e. The van der Waals surface area contributed by atoms with Gasteiger partial charge in [-0.2, -0.15) is 0 Å². The molecule has 0 bridgehead atoms. The van der Waals surface area contributed by atoms with E-state index in [-0.39, 0.29) is 11.7 Å². The topological polar surface area (TPSA) is 47.3 Å². The Morgan fingerprint density at radius 2 is 2.29 bits per heavy atom. The molecule has 0 aromatic carbocycles. The molecule has 1 atom stereocenters. The summed E-state index contributed by atoms with van der Waals surface area (Å²) in [6, 6.07) is 5.74. The maximum absolute atomic E-state index is 11.7. The van der Waals surface area contributed by atoms with E-state index in [1.165, 1.54) is 11.8 Å². The molecule has 90 valence electrons. The first kappa shape index (κ1) is 12.1. The molecule has 0 N–H and O–H groups in total. The van der Waals surface area contributed by atoms with E-state index in [0.29, 0.717) is 5.75 Å². The van der Waals surface area contributed by atoms with E-state index < -0.39 is 0 Å². The highest BCUT2D eigenvalue weighted by atomic mass is 32.2. The first-order valence-electron chi connectivity index (χ1n) is 5.67. The van der Waals surface area contributed by atoms with Gasteiger partial charge in [-0.05, 0) is 18.6 Å². The van der Waals surface area contributed by atoms with E-state index in [1.54, 1.807) is 0 Å². The molecule has 2 rings (SSSR count). The van der Waals surface area contributed by atoms with Crippen LogP contribution in [0.25, 0.3) is 5.65 Å². The molecule has 4 nitrogen and oxygen atoms in total. The van der Waals surface area contributed by atoms with Crippen molar-refractivity contribution in [1.29, 1.82) is 0 Å². The van der Waals surface area contributed by atoms with Crippen LogP contribution in [0.5, 0.6) is 0 Å². The van der Waals surface area contributed by atoms with E-state index in [4.69, 9.17) is 0 Å². The first-order chi connectivity index (χ1) is 8.22. The molecule has 17 heavy (non-hydrogen) atoms. The molecular formula is C12H15N3OS. The summed E-state index contributed by atoms with van der Waals surface area (Å²) in [5.74, 6) is 0.858. The molecular weight excluding hydrogens is 234 g/mol. The lowest BCUT2D eigenvalue weighted by Crippen LogP contribution is -2.12. The number of rotatable bonds is 5. The molecule has 1 unspecified atom stereocenters. The summed E-state index contributed by atoms with van der Waals surface area (Å²) in [5.41, 5.74) is 0.811. The highest BCUT2D eigenvalue weighted by molar-refractivity contribution is 7.99. The van der Waals surface area contributed by atoms with Crippen LogP contribution in [0.2, 0.25) is 0 Å². The molecule has 0 amide bonds. The number of carbonyl (C=O) groups is 1. The van der Waals surface area contributed by atoms with E-state index in [9.17, 15) is 4.79 Å². The van der Waals surface area contributed by atoms with Crippen LogP contribution in [0, 0.1) is 5.92 Å². The Bertz CT molecular complexity index is 523. The quantitative estimate of drug-likeness (QED) is 0.764. The lowest BCUT2D eigenvalue weighted by atomic mass is 10.1.